The van der Waals surface area contributed by atoms with Crippen molar-refractivity contribution < 1.29 is 13.2 Å². The molecule has 1 aromatic heterocycles. The van der Waals surface area contributed by atoms with Crippen LogP contribution >= 0.6 is 0 Å². The number of rotatable bonds is 8. The number of urea groups is 1. The smallest absolute Gasteiger partial charge is 0.323 e. The number of benzene rings is 3. The first kappa shape index (κ1) is 26.2. The van der Waals surface area contributed by atoms with E-state index in [0.717, 1.165) is 24.2 Å². The standard InChI is InChI=1S/C29H30N6O3S/c1-35(27-15-16-30-28(34-27)31-24-8-3-5-20(17-24)19-39(2,37)38)26-13-11-23(12-14-26)32-29(36)33-25-10-9-21-6-4-7-22(21)18-25/h3,5,8-18H,4,6-7,19H2,1-2H3,(H,30,31,34)(H2,32,33,36). The summed E-state index contributed by atoms with van der Waals surface area (Å²) in [7, 11) is -1.24. The van der Waals surface area contributed by atoms with Crippen molar-refractivity contribution in [3.05, 3.63) is 95.7 Å². The first-order valence-electron chi connectivity index (χ1n) is 12.6. The van der Waals surface area contributed by atoms with E-state index in [1.54, 1.807) is 30.5 Å². The van der Waals surface area contributed by atoms with Crippen LogP contribution in [0.25, 0.3) is 0 Å². The summed E-state index contributed by atoms with van der Waals surface area (Å²) in [6, 6.07) is 22.2. The molecule has 9 nitrogen and oxygen atoms in total. The topological polar surface area (TPSA) is 116 Å². The van der Waals surface area contributed by atoms with Crippen molar-refractivity contribution in [3.8, 4) is 0 Å². The van der Waals surface area contributed by atoms with Gasteiger partial charge in [-0.2, -0.15) is 4.98 Å². The lowest BCUT2D eigenvalue weighted by atomic mass is 10.1. The van der Waals surface area contributed by atoms with Crippen molar-refractivity contribution in [1.82, 2.24) is 9.97 Å². The van der Waals surface area contributed by atoms with E-state index >= 15 is 0 Å². The third-order valence-electron chi connectivity index (χ3n) is 6.47. The Bertz CT molecular complexity index is 1610. The molecule has 1 aliphatic rings. The molecule has 1 heterocycles. The lowest BCUT2D eigenvalue weighted by Gasteiger charge is -2.19. The van der Waals surface area contributed by atoms with Crippen molar-refractivity contribution in [3.63, 3.8) is 0 Å². The third-order valence-corrected chi connectivity index (χ3v) is 7.32. The average molecular weight is 543 g/mol. The highest BCUT2D eigenvalue weighted by molar-refractivity contribution is 7.89. The highest BCUT2D eigenvalue weighted by atomic mass is 32.2. The minimum atomic E-state index is -3.13. The lowest BCUT2D eigenvalue weighted by molar-refractivity contribution is 0.262. The molecule has 39 heavy (non-hydrogen) atoms. The van der Waals surface area contributed by atoms with E-state index in [-0.39, 0.29) is 11.8 Å². The predicted octanol–water partition coefficient (Wildman–Crippen LogP) is 5.67. The summed E-state index contributed by atoms with van der Waals surface area (Å²) in [4.78, 5) is 23.3. The van der Waals surface area contributed by atoms with Gasteiger partial charge in [0.25, 0.3) is 0 Å². The van der Waals surface area contributed by atoms with E-state index in [2.05, 4.69) is 38.1 Å². The van der Waals surface area contributed by atoms with E-state index in [9.17, 15) is 13.2 Å². The molecule has 10 heteroatoms. The quantitative estimate of drug-likeness (QED) is 0.263. The maximum absolute atomic E-state index is 12.5. The van der Waals surface area contributed by atoms with Crippen LogP contribution in [-0.2, 0) is 28.4 Å². The van der Waals surface area contributed by atoms with Crippen LogP contribution in [0, 0.1) is 0 Å². The van der Waals surface area contributed by atoms with E-state index in [0.29, 0.717) is 28.7 Å². The molecule has 0 unspecified atom stereocenters. The van der Waals surface area contributed by atoms with Gasteiger partial charge < -0.3 is 20.9 Å². The molecule has 0 radical (unpaired) electrons. The molecule has 2 amide bonds. The van der Waals surface area contributed by atoms with Crippen LogP contribution in [0.4, 0.5) is 39.3 Å². The van der Waals surface area contributed by atoms with E-state index in [4.69, 9.17) is 0 Å². The van der Waals surface area contributed by atoms with Crippen molar-refractivity contribution in [1.29, 1.82) is 0 Å². The van der Waals surface area contributed by atoms with Crippen molar-refractivity contribution >= 4 is 50.4 Å². The Labute approximate surface area is 228 Å². The van der Waals surface area contributed by atoms with Crippen LogP contribution in [0.1, 0.15) is 23.1 Å². The zero-order valence-electron chi connectivity index (χ0n) is 21.8. The van der Waals surface area contributed by atoms with Crippen LogP contribution in [0.2, 0.25) is 0 Å². The zero-order chi connectivity index (χ0) is 27.4. The van der Waals surface area contributed by atoms with Gasteiger partial charge in [0, 0.05) is 42.2 Å². The van der Waals surface area contributed by atoms with Crippen molar-refractivity contribution in [2.45, 2.75) is 25.0 Å². The van der Waals surface area contributed by atoms with Gasteiger partial charge in [-0.1, -0.05) is 18.2 Å². The van der Waals surface area contributed by atoms with Gasteiger partial charge in [-0.3, -0.25) is 0 Å². The van der Waals surface area contributed by atoms with E-state index in [1.807, 2.05) is 48.3 Å². The summed E-state index contributed by atoms with van der Waals surface area (Å²) in [5, 5.41) is 8.93. The lowest BCUT2D eigenvalue weighted by Crippen LogP contribution is -2.19. The fourth-order valence-electron chi connectivity index (χ4n) is 4.61. The monoisotopic (exact) mass is 542 g/mol. The average Bonchev–Trinajstić information content (AvgIpc) is 3.36. The Morgan fingerprint density at radius 2 is 1.64 bits per heavy atom. The van der Waals surface area contributed by atoms with E-state index in [1.165, 1.54) is 23.8 Å². The Morgan fingerprint density at radius 3 is 2.44 bits per heavy atom. The number of carbonyl (C=O) groups is 1. The number of aryl methyl sites for hydroxylation is 2. The third kappa shape index (κ3) is 6.91. The van der Waals surface area contributed by atoms with Crippen LogP contribution in [0.3, 0.4) is 0 Å². The molecule has 0 saturated carbocycles. The van der Waals surface area contributed by atoms with Gasteiger partial charge >= 0.3 is 6.03 Å². The maximum Gasteiger partial charge on any atom is 0.323 e. The van der Waals surface area contributed by atoms with Crippen LogP contribution < -0.4 is 20.9 Å². The molecule has 1 aliphatic carbocycles. The molecule has 0 saturated heterocycles. The van der Waals surface area contributed by atoms with Gasteiger partial charge in [0.1, 0.15) is 5.82 Å². The molecule has 0 atom stereocenters. The number of sulfone groups is 1. The van der Waals surface area contributed by atoms with Crippen LogP contribution in [-0.4, -0.2) is 37.7 Å². The van der Waals surface area contributed by atoms with Gasteiger partial charge in [-0.25, -0.2) is 18.2 Å². The molecule has 0 fully saturated rings. The number of hydrogen-bond acceptors (Lipinski definition) is 7. The fraction of sp³-hybridized carbons (Fsp3) is 0.207. The van der Waals surface area contributed by atoms with Crippen molar-refractivity contribution in [2.75, 3.05) is 34.2 Å². The number of nitrogens with one attached hydrogen (secondary N) is 3. The number of anilines is 6. The first-order chi connectivity index (χ1) is 18.7. The molecular formula is C29H30N6O3S. The number of fused-ring (bicyclic) bond motifs is 1. The maximum atomic E-state index is 12.5. The van der Waals surface area contributed by atoms with Gasteiger partial charge in [-0.05, 0) is 90.6 Å². The molecule has 0 aliphatic heterocycles. The second-order valence-corrected chi connectivity index (χ2v) is 11.8. The first-order valence-corrected chi connectivity index (χ1v) is 14.7. The van der Waals surface area contributed by atoms with Gasteiger partial charge in [-0.15, -0.1) is 0 Å². The fourth-order valence-corrected chi connectivity index (χ4v) is 5.40. The Balaban J connectivity index is 1.21. The summed E-state index contributed by atoms with van der Waals surface area (Å²) >= 11 is 0. The largest absolute Gasteiger partial charge is 0.329 e. The normalized spacial score (nSPS) is 12.5. The van der Waals surface area contributed by atoms with Crippen molar-refractivity contribution in [2.24, 2.45) is 0 Å². The summed E-state index contributed by atoms with van der Waals surface area (Å²) < 4.78 is 23.3. The number of nitrogens with zero attached hydrogens (tertiary/aromatic N) is 3. The molecule has 200 valence electrons. The van der Waals surface area contributed by atoms with Crippen LogP contribution in [0.15, 0.2) is 79.0 Å². The zero-order valence-corrected chi connectivity index (χ0v) is 22.6. The molecular weight excluding hydrogens is 512 g/mol. The minimum Gasteiger partial charge on any atom is -0.329 e. The number of carbonyl (C=O) groups excluding carboxylic acids is 1. The minimum absolute atomic E-state index is 0.0350. The van der Waals surface area contributed by atoms with Gasteiger partial charge in [0.15, 0.2) is 9.84 Å². The second kappa shape index (κ2) is 11.1. The molecule has 0 spiro atoms. The summed E-state index contributed by atoms with van der Waals surface area (Å²) in [5.41, 5.74) is 6.40. The SMILES string of the molecule is CN(c1ccc(NC(=O)Nc2ccc3c(c2)CCC3)cc1)c1ccnc(Nc2cccc(CS(C)(=O)=O)c2)n1. The number of amides is 2. The Morgan fingerprint density at radius 1 is 0.897 bits per heavy atom. The van der Waals surface area contributed by atoms with Gasteiger partial charge in [0.05, 0.1) is 5.75 Å². The van der Waals surface area contributed by atoms with E-state index < -0.39 is 9.84 Å². The molecule has 4 aromatic rings. The summed E-state index contributed by atoms with van der Waals surface area (Å²) in [6.07, 6.45) is 6.20. The molecule has 0 bridgehead atoms. The molecule has 5 rings (SSSR count). The van der Waals surface area contributed by atoms with Crippen LogP contribution in [0.5, 0.6) is 0 Å². The summed E-state index contributed by atoms with van der Waals surface area (Å²) in [5.74, 6) is 1.01. The Kier molecular flexibility index (Phi) is 7.47. The Hall–Kier alpha value is -4.44. The predicted molar refractivity (Wildman–Crippen MR) is 156 cm³/mol. The highest BCUT2D eigenvalue weighted by Crippen LogP contribution is 2.26. The second-order valence-electron chi connectivity index (χ2n) is 9.66. The number of aromatic nitrogens is 2. The molecule has 3 N–H and O–H groups in total. The molecule has 3 aromatic carbocycles. The van der Waals surface area contributed by atoms with Gasteiger partial charge in [0.2, 0.25) is 5.95 Å². The highest BCUT2D eigenvalue weighted by Gasteiger charge is 2.13. The summed E-state index contributed by atoms with van der Waals surface area (Å²) in [6.45, 7) is 0. The number of hydrogen-bond donors (Lipinski definition) is 3.